The smallest absolute Gasteiger partial charge is 0.410 e. The molecule has 0 aromatic carbocycles. The number of hydrogen-bond acceptors (Lipinski definition) is 3. The number of rotatable bonds is 1. The Morgan fingerprint density at radius 1 is 1.39 bits per heavy atom. The van der Waals surface area contributed by atoms with Gasteiger partial charge in [0, 0.05) is 6.54 Å². The van der Waals surface area contributed by atoms with Gasteiger partial charge in [0.1, 0.15) is 11.5 Å². The summed E-state index contributed by atoms with van der Waals surface area (Å²) in [5.41, 5.74) is -0.768. The minimum atomic E-state index is -3.43. The number of halogens is 2. The van der Waals surface area contributed by atoms with Gasteiger partial charge >= 0.3 is 12.1 Å². The van der Waals surface area contributed by atoms with Crippen LogP contribution in [0, 0.1) is 5.92 Å². The van der Waals surface area contributed by atoms with Crippen molar-refractivity contribution in [3.8, 4) is 0 Å². The molecule has 18 heavy (non-hydrogen) atoms. The third kappa shape index (κ3) is 3.54. The van der Waals surface area contributed by atoms with E-state index in [0.717, 1.165) is 4.90 Å². The zero-order valence-corrected chi connectivity index (χ0v) is 10.6. The summed E-state index contributed by atoms with van der Waals surface area (Å²) in [6.45, 7) is 3.94. The minimum absolute atomic E-state index is 0.0402. The molecule has 0 unspecified atom stereocenters. The van der Waals surface area contributed by atoms with Gasteiger partial charge in [-0.25, -0.2) is 13.6 Å². The SMILES string of the molecule is CC(C)(C)OC(=O)N1CC[C@@H](C(=O)O)C(F)(F)C1. The number of amides is 1. The summed E-state index contributed by atoms with van der Waals surface area (Å²) >= 11 is 0. The highest BCUT2D eigenvalue weighted by molar-refractivity contribution is 5.73. The van der Waals surface area contributed by atoms with E-state index in [1.165, 1.54) is 0 Å². The lowest BCUT2D eigenvalue weighted by Gasteiger charge is -2.36. The van der Waals surface area contributed by atoms with Crippen LogP contribution in [0.25, 0.3) is 0 Å². The second-order valence-electron chi connectivity index (χ2n) is 5.34. The molecule has 1 fully saturated rings. The molecule has 0 saturated carbocycles. The largest absolute Gasteiger partial charge is 0.481 e. The lowest BCUT2D eigenvalue weighted by atomic mass is 9.93. The minimum Gasteiger partial charge on any atom is -0.481 e. The standard InChI is InChI=1S/C11H17F2NO4/c1-10(2,3)18-9(17)14-5-4-7(8(15)16)11(12,13)6-14/h7H,4-6H2,1-3H3,(H,15,16)/t7-/m0/s1. The summed E-state index contributed by atoms with van der Waals surface area (Å²) < 4.78 is 32.0. The molecule has 1 N–H and O–H groups in total. The van der Waals surface area contributed by atoms with E-state index in [4.69, 9.17) is 9.84 Å². The Morgan fingerprint density at radius 3 is 2.33 bits per heavy atom. The summed E-state index contributed by atoms with van der Waals surface area (Å²) in [5, 5.41) is 8.67. The van der Waals surface area contributed by atoms with Crippen LogP contribution in [0.5, 0.6) is 0 Å². The van der Waals surface area contributed by atoms with Crippen LogP contribution in [0.4, 0.5) is 13.6 Å². The molecule has 1 amide bonds. The Hall–Kier alpha value is -1.40. The number of ether oxygens (including phenoxy) is 1. The lowest BCUT2D eigenvalue weighted by Crippen LogP contribution is -2.53. The molecule has 0 bridgehead atoms. The Labute approximate surface area is 104 Å². The second-order valence-corrected chi connectivity index (χ2v) is 5.34. The number of carboxylic acids is 1. The first-order valence-corrected chi connectivity index (χ1v) is 5.61. The summed E-state index contributed by atoms with van der Waals surface area (Å²) in [7, 11) is 0. The van der Waals surface area contributed by atoms with Gasteiger partial charge in [0.15, 0.2) is 0 Å². The van der Waals surface area contributed by atoms with Crippen LogP contribution in [0.1, 0.15) is 27.2 Å². The fourth-order valence-electron chi connectivity index (χ4n) is 1.73. The molecular formula is C11H17F2NO4. The van der Waals surface area contributed by atoms with E-state index in [-0.39, 0.29) is 13.0 Å². The van der Waals surface area contributed by atoms with Crippen molar-refractivity contribution in [1.82, 2.24) is 4.90 Å². The maximum Gasteiger partial charge on any atom is 0.410 e. The molecule has 5 nitrogen and oxygen atoms in total. The van der Waals surface area contributed by atoms with E-state index in [0.29, 0.717) is 0 Å². The zero-order chi connectivity index (χ0) is 14.1. The Kier molecular flexibility index (Phi) is 3.83. The molecule has 0 aliphatic carbocycles. The summed E-state index contributed by atoms with van der Waals surface area (Å²) in [5.74, 6) is -6.71. The number of carbonyl (C=O) groups excluding carboxylic acids is 1. The molecule has 1 atom stereocenters. The van der Waals surface area contributed by atoms with Gasteiger partial charge in [-0.2, -0.15) is 0 Å². The van der Waals surface area contributed by atoms with Gasteiger partial charge in [0.05, 0.1) is 6.54 Å². The monoisotopic (exact) mass is 265 g/mol. The molecule has 0 spiro atoms. The zero-order valence-electron chi connectivity index (χ0n) is 10.6. The number of nitrogens with zero attached hydrogens (tertiary/aromatic N) is 1. The topological polar surface area (TPSA) is 66.8 Å². The summed E-state index contributed by atoms with van der Waals surface area (Å²) in [6.07, 6.45) is -1.12. The number of likely N-dealkylation sites (tertiary alicyclic amines) is 1. The number of carboxylic acid groups (broad SMARTS) is 1. The number of carbonyl (C=O) groups is 2. The van der Waals surface area contributed by atoms with E-state index in [1.54, 1.807) is 20.8 Å². The quantitative estimate of drug-likeness (QED) is 0.787. The van der Waals surface area contributed by atoms with E-state index < -0.39 is 36.0 Å². The molecule has 1 aliphatic heterocycles. The molecule has 0 radical (unpaired) electrons. The third-order valence-corrected chi connectivity index (χ3v) is 2.55. The van der Waals surface area contributed by atoms with Crippen molar-refractivity contribution in [2.45, 2.75) is 38.7 Å². The number of alkyl halides is 2. The van der Waals surface area contributed by atoms with Crippen LogP contribution in [0.2, 0.25) is 0 Å². The fraction of sp³-hybridized carbons (Fsp3) is 0.818. The number of hydrogen-bond donors (Lipinski definition) is 1. The maximum atomic E-state index is 13.5. The van der Waals surface area contributed by atoms with Gasteiger partial charge in [-0.3, -0.25) is 4.79 Å². The van der Waals surface area contributed by atoms with Crippen LogP contribution < -0.4 is 0 Å². The molecular weight excluding hydrogens is 248 g/mol. The van der Waals surface area contributed by atoms with Crippen LogP contribution in [-0.2, 0) is 9.53 Å². The first kappa shape index (κ1) is 14.7. The van der Waals surface area contributed by atoms with E-state index in [1.807, 2.05) is 0 Å². The van der Waals surface area contributed by atoms with Gasteiger partial charge in [-0.1, -0.05) is 0 Å². The van der Waals surface area contributed by atoms with Crippen molar-refractivity contribution in [2.24, 2.45) is 5.92 Å². The van der Waals surface area contributed by atoms with Gasteiger partial charge in [0.2, 0.25) is 0 Å². The molecule has 1 saturated heterocycles. The number of aliphatic carboxylic acids is 1. The maximum absolute atomic E-state index is 13.5. The summed E-state index contributed by atoms with van der Waals surface area (Å²) in [4.78, 5) is 23.1. The lowest BCUT2D eigenvalue weighted by molar-refractivity contribution is -0.166. The average Bonchev–Trinajstić information content (AvgIpc) is 2.12. The predicted octanol–water partition coefficient (Wildman–Crippen LogP) is 1.96. The van der Waals surface area contributed by atoms with Crippen molar-refractivity contribution in [3.05, 3.63) is 0 Å². The predicted molar refractivity (Wildman–Crippen MR) is 58.5 cm³/mol. The van der Waals surface area contributed by atoms with Crippen molar-refractivity contribution in [2.75, 3.05) is 13.1 Å². The van der Waals surface area contributed by atoms with Gasteiger partial charge < -0.3 is 14.7 Å². The Balaban J connectivity index is 2.69. The highest BCUT2D eigenvalue weighted by atomic mass is 19.3. The van der Waals surface area contributed by atoms with Gasteiger partial charge in [-0.05, 0) is 27.2 Å². The van der Waals surface area contributed by atoms with E-state index in [9.17, 15) is 18.4 Å². The molecule has 1 rings (SSSR count). The number of piperidine rings is 1. The van der Waals surface area contributed by atoms with Gasteiger partial charge in [0.25, 0.3) is 5.92 Å². The first-order valence-electron chi connectivity index (χ1n) is 5.61. The van der Waals surface area contributed by atoms with Crippen molar-refractivity contribution < 1.29 is 28.2 Å². The van der Waals surface area contributed by atoms with Crippen LogP contribution >= 0.6 is 0 Å². The Morgan fingerprint density at radius 2 is 1.94 bits per heavy atom. The molecule has 1 heterocycles. The summed E-state index contributed by atoms with van der Waals surface area (Å²) in [6, 6.07) is 0. The van der Waals surface area contributed by atoms with Crippen molar-refractivity contribution in [3.63, 3.8) is 0 Å². The first-order chi connectivity index (χ1) is 8.03. The molecule has 104 valence electrons. The normalized spacial score (nSPS) is 23.6. The van der Waals surface area contributed by atoms with E-state index >= 15 is 0 Å². The van der Waals surface area contributed by atoms with Crippen molar-refractivity contribution >= 4 is 12.1 Å². The van der Waals surface area contributed by atoms with Gasteiger partial charge in [-0.15, -0.1) is 0 Å². The highest BCUT2D eigenvalue weighted by Crippen LogP contribution is 2.33. The van der Waals surface area contributed by atoms with E-state index in [2.05, 4.69) is 0 Å². The molecule has 0 aromatic heterocycles. The van der Waals surface area contributed by atoms with Crippen molar-refractivity contribution in [1.29, 1.82) is 0 Å². The molecule has 1 aliphatic rings. The fourth-order valence-corrected chi connectivity index (χ4v) is 1.73. The highest BCUT2D eigenvalue weighted by Gasteiger charge is 2.50. The molecule has 0 aromatic rings. The average molecular weight is 265 g/mol. The second kappa shape index (κ2) is 4.70. The molecule has 7 heteroatoms. The third-order valence-electron chi connectivity index (χ3n) is 2.55. The Bertz CT molecular complexity index is 351. The van der Waals surface area contributed by atoms with Crippen LogP contribution in [0.3, 0.4) is 0 Å². The van der Waals surface area contributed by atoms with Crippen LogP contribution in [0.15, 0.2) is 0 Å². The van der Waals surface area contributed by atoms with Crippen LogP contribution in [-0.4, -0.2) is 46.7 Å².